The molecule has 3 aromatic rings. The molecule has 3 rings (SSSR count). The lowest BCUT2D eigenvalue weighted by atomic mass is 10.1. The monoisotopic (exact) mass is 416 g/mol. The lowest BCUT2D eigenvalue weighted by molar-refractivity contribution is -0.385. The number of anilines is 1. The molecule has 31 heavy (non-hydrogen) atoms. The molecule has 0 saturated heterocycles. The van der Waals surface area contributed by atoms with Crippen molar-refractivity contribution in [3.63, 3.8) is 0 Å². The zero-order chi connectivity index (χ0) is 22.2. The second-order valence-electron chi connectivity index (χ2n) is 6.69. The molecule has 0 atom stereocenters. The Balaban J connectivity index is 1.57. The zero-order valence-corrected chi connectivity index (χ0v) is 16.8. The van der Waals surface area contributed by atoms with Crippen LogP contribution in [0.1, 0.15) is 21.5 Å². The SMILES string of the molecule is Cc1ccccc1NC(=O)COc1ccc(C(=O)/C=C/c2ccccc2[N+](=O)[O-])cc1. The van der Waals surface area contributed by atoms with Gasteiger partial charge in [-0.1, -0.05) is 30.3 Å². The maximum Gasteiger partial charge on any atom is 0.276 e. The Hall–Kier alpha value is -4.26. The van der Waals surface area contributed by atoms with E-state index in [0.717, 1.165) is 11.3 Å². The summed E-state index contributed by atoms with van der Waals surface area (Å²) in [4.78, 5) is 35.0. The van der Waals surface area contributed by atoms with Gasteiger partial charge in [-0.25, -0.2) is 0 Å². The predicted molar refractivity (Wildman–Crippen MR) is 118 cm³/mol. The number of amides is 1. The molecule has 7 nitrogen and oxygen atoms in total. The van der Waals surface area contributed by atoms with E-state index < -0.39 is 4.92 Å². The maximum absolute atomic E-state index is 12.4. The number of benzene rings is 3. The average molecular weight is 416 g/mol. The molecule has 0 aromatic heterocycles. The van der Waals surface area contributed by atoms with Crippen LogP contribution in [0.3, 0.4) is 0 Å². The first-order chi connectivity index (χ1) is 14.9. The minimum absolute atomic E-state index is 0.0701. The quantitative estimate of drug-likeness (QED) is 0.246. The van der Waals surface area contributed by atoms with Gasteiger partial charge in [0.05, 0.1) is 10.5 Å². The number of nitrogens with one attached hydrogen (secondary N) is 1. The summed E-state index contributed by atoms with van der Waals surface area (Å²) in [5, 5.41) is 13.8. The summed E-state index contributed by atoms with van der Waals surface area (Å²) in [6.07, 6.45) is 2.70. The summed E-state index contributed by atoms with van der Waals surface area (Å²) in [5.41, 5.74) is 2.35. The molecule has 0 aliphatic rings. The normalized spacial score (nSPS) is 10.6. The van der Waals surface area contributed by atoms with Crippen molar-refractivity contribution in [2.45, 2.75) is 6.92 Å². The fourth-order valence-corrected chi connectivity index (χ4v) is 2.82. The Morgan fingerprint density at radius 1 is 1.00 bits per heavy atom. The standard InChI is InChI=1S/C24H20N2O5/c1-17-6-2-4-8-21(17)25-24(28)16-31-20-13-10-19(11-14-20)23(27)15-12-18-7-3-5-9-22(18)26(29)30/h2-15H,16H2,1H3,(H,25,28)/b15-12+. The molecule has 1 amide bonds. The number of hydrogen-bond donors (Lipinski definition) is 1. The van der Waals surface area contributed by atoms with Crippen molar-refractivity contribution in [2.24, 2.45) is 0 Å². The van der Waals surface area contributed by atoms with Gasteiger partial charge < -0.3 is 10.1 Å². The molecular weight excluding hydrogens is 396 g/mol. The van der Waals surface area contributed by atoms with E-state index in [9.17, 15) is 19.7 Å². The Morgan fingerprint density at radius 2 is 1.68 bits per heavy atom. The average Bonchev–Trinajstić information content (AvgIpc) is 2.78. The third kappa shape index (κ3) is 5.86. The number of carbonyl (C=O) groups is 2. The van der Waals surface area contributed by atoms with Crippen molar-refractivity contribution in [1.82, 2.24) is 0 Å². The van der Waals surface area contributed by atoms with Crippen molar-refractivity contribution in [1.29, 1.82) is 0 Å². The second kappa shape index (κ2) is 9.98. The van der Waals surface area contributed by atoms with Crippen molar-refractivity contribution in [3.8, 4) is 5.75 Å². The third-order valence-corrected chi connectivity index (χ3v) is 4.48. The number of allylic oxidation sites excluding steroid dienone is 1. The van der Waals surface area contributed by atoms with E-state index in [1.54, 1.807) is 42.5 Å². The molecule has 0 heterocycles. The van der Waals surface area contributed by atoms with Crippen molar-refractivity contribution >= 4 is 29.1 Å². The molecule has 1 N–H and O–H groups in total. The van der Waals surface area contributed by atoms with Crippen LogP contribution in [-0.2, 0) is 4.79 Å². The van der Waals surface area contributed by atoms with E-state index in [0.29, 0.717) is 16.9 Å². The minimum atomic E-state index is -0.495. The van der Waals surface area contributed by atoms with E-state index >= 15 is 0 Å². The van der Waals surface area contributed by atoms with Gasteiger partial charge >= 0.3 is 0 Å². The maximum atomic E-state index is 12.4. The molecule has 0 fully saturated rings. The number of ether oxygens (including phenoxy) is 1. The van der Waals surface area contributed by atoms with Gasteiger partial charge in [-0.2, -0.15) is 0 Å². The zero-order valence-electron chi connectivity index (χ0n) is 16.8. The van der Waals surface area contributed by atoms with Gasteiger partial charge in [0.15, 0.2) is 12.4 Å². The summed E-state index contributed by atoms with van der Waals surface area (Å²) in [6.45, 7) is 1.73. The molecule has 0 bridgehead atoms. The fourth-order valence-electron chi connectivity index (χ4n) is 2.82. The number of nitro groups is 1. The van der Waals surface area contributed by atoms with E-state index in [-0.39, 0.29) is 24.0 Å². The molecule has 0 aliphatic heterocycles. The van der Waals surface area contributed by atoms with Gasteiger partial charge in [0, 0.05) is 17.3 Å². The molecule has 0 aliphatic carbocycles. The Kier molecular flexibility index (Phi) is 6.90. The Labute approximate surface area is 179 Å². The number of ketones is 1. The van der Waals surface area contributed by atoms with Crippen LogP contribution >= 0.6 is 0 Å². The highest BCUT2D eigenvalue weighted by Crippen LogP contribution is 2.20. The first-order valence-electron chi connectivity index (χ1n) is 9.48. The van der Waals surface area contributed by atoms with Gasteiger partial charge in [-0.05, 0) is 61.0 Å². The highest BCUT2D eigenvalue weighted by atomic mass is 16.6. The second-order valence-corrected chi connectivity index (χ2v) is 6.69. The molecule has 7 heteroatoms. The molecule has 0 saturated carbocycles. The van der Waals surface area contributed by atoms with E-state index in [2.05, 4.69) is 5.32 Å². The van der Waals surface area contributed by atoms with Crippen molar-refractivity contribution in [2.75, 3.05) is 11.9 Å². The molecule has 0 radical (unpaired) electrons. The lowest BCUT2D eigenvalue weighted by Crippen LogP contribution is -2.20. The van der Waals surface area contributed by atoms with Gasteiger partial charge in [0.25, 0.3) is 11.6 Å². The topological polar surface area (TPSA) is 98.5 Å². The highest BCUT2D eigenvalue weighted by Gasteiger charge is 2.11. The van der Waals surface area contributed by atoms with Crippen LogP contribution in [0.2, 0.25) is 0 Å². The molecule has 0 spiro atoms. The van der Waals surface area contributed by atoms with E-state index in [4.69, 9.17) is 4.74 Å². The van der Waals surface area contributed by atoms with Crippen LogP contribution in [0.25, 0.3) is 6.08 Å². The number of nitrogens with zero attached hydrogens (tertiary/aromatic N) is 1. The van der Waals surface area contributed by atoms with Crippen LogP contribution in [-0.4, -0.2) is 23.2 Å². The van der Waals surface area contributed by atoms with Crippen LogP contribution < -0.4 is 10.1 Å². The smallest absolute Gasteiger partial charge is 0.276 e. The summed E-state index contributed by atoms with van der Waals surface area (Å²) in [7, 11) is 0. The van der Waals surface area contributed by atoms with Gasteiger partial charge in [0.1, 0.15) is 5.75 Å². The number of rotatable bonds is 8. The molecule has 0 unspecified atom stereocenters. The summed E-state index contributed by atoms with van der Waals surface area (Å²) in [6, 6.07) is 19.9. The minimum Gasteiger partial charge on any atom is -0.484 e. The van der Waals surface area contributed by atoms with Crippen LogP contribution in [0.5, 0.6) is 5.75 Å². The molecule has 3 aromatic carbocycles. The van der Waals surface area contributed by atoms with Gasteiger partial charge in [-0.15, -0.1) is 0 Å². The van der Waals surface area contributed by atoms with Crippen molar-refractivity contribution in [3.05, 3.63) is 106 Å². The van der Waals surface area contributed by atoms with E-state index in [1.165, 1.54) is 18.2 Å². The first-order valence-corrected chi connectivity index (χ1v) is 9.48. The molecule has 156 valence electrons. The third-order valence-electron chi connectivity index (χ3n) is 4.48. The van der Waals surface area contributed by atoms with Crippen LogP contribution in [0.15, 0.2) is 78.9 Å². The van der Waals surface area contributed by atoms with E-state index in [1.807, 2.05) is 31.2 Å². The predicted octanol–water partition coefficient (Wildman–Crippen LogP) is 4.82. The van der Waals surface area contributed by atoms with Crippen molar-refractivity contribution < 1.29 is 19.2 Å². The van der Waals surface area contributed by atoms with Gasteiger partial charge in [-0.3, -0.25) is 19.7 Å². The Bertz CT molecular complexity index is 1140. The van der Waals surface area contributed by atoms with Gasteiger partial charge in [0.2, 0.25) is 0 Å². The molecular formula is C24H20N2O5. The number of hydrogen-bond acceptors (Lipinski definition) is 5. The van der Waals surface area contributed by atoms with Crippen LogP contribution in [0.4, 0.5) is 11.4 Å². The number of para-hydroxylation sites is 2. The first kappa shape index (κ1) is 21.4. The lowest BCUT2D eigenvalue weighted by Gasteiger charge is -2.09. The fraction of sp³-hybridized carbons (Fsp3) is 0.0833. The summed E-state index contributed by atoms with van der Waals surface area (Å²) in [5.74, 6) is -0.150. The summed E-state index contributed by atoms with van der Waals surface area (Å²) >= 11 is 0. The van der Waals surface area contributed by atoms with Crippen LogP contribution in [0, 0.1) is 17.0 Å². The number of nitro benzene ring substituents is 1. The summed E-state index contributed by atoms with van der Waals surface area (Å²) < 4.78 is 5.47. The number of carbonyl (C=O) groups excluding carboxylic acids is 2. The largest absolute Gasteiger partial charge is 0.484 e. The number of aryl methyl sites for hydroxylation is 1. The Morgan fingerprint density at radius 3 is 2.39 bits per heavy atom. The highest BCUT2D eigenvalue weighted by molar-refractivity contribution is 6.07.